The first-order valence-electron chi connectivity index (χ1n) is 15.2. The Labute approximate surface area is 299 Å². The maximum absolute atomic E-state index is 13.7. The van der Waals surface area contributed by atoms with Crippen molar-refractivity contribution in [3.63, 3.8) is 0 Å². The Morgan fingerprint density at radius 1 is 0.981 bits per heavy atom. The van der Waals surface area contributed by atoms with Crippen LogP contribution in [0.5, 0.6) is 0 Å². The van der Waals surface area contributed by atoms with Gasteiger partial charge in [0.1, 0.15) is 0 Å². The number of nitrogens with zero attached hydrogens (tertiary/aromatic N) is 6. The zero-order valence-corrected chi connectivity index (χ0v) is 28.1. The minimum Gasteiger partial charge on any atom is -0.475 e. The molecule has 0 spiro atoms. The van der Waals surface area contributed by atoms with Gasteiger partial charge in [0, 0.05) is 34.3 Å². The van der Waals surface area contributed by atoms with Crippen LogP contribution >= 0.6 is 23.2 Å². The summed E-state index contributed by atoms with van der Waals surface area (Å²) < 4.78 is 73.8. The van der Waals surface area contributed by atoms with Gasteiger partial charge in [-0.15, -0.1) is 5.10 Å². The number of carboxylic acid groups (broad SMARTS) is 1. The van der Waals surface area contributed by atoms with E-state index in [-0.39, 0.29) is 33.8 Å². The number of rotatable bonds is 3. The molecule has 6 rings (SSSR count). The van der Waals surface area contributed by atoms with Gasteiger partial charge in [-0.3, -0.25) is 19.1 Å². The summed E-state index contributed by atoms with van der Waals surface area (Å²) in [4.78, 5) is 44.7. The van der Waals surface area contributed by atoms with E-state index >= 15 is 0 Å². The number of hydrogen-bond acceptors (Lipinski definition) is 7. The smallest absolute Gasteiger partial charge is 0.475 e. The highest BCUT2D eigenvalue weighted by atomic mass is 35.5. The molecule has 1 aliphatic rings. The number of alkyl halides is 6. The van der Waals surface area contributed by atoms with Crippen molar-refractivity contribution in [1.82, 2.24) is 29.5 Å². The largest absolute Gasteiger partial charge is 0.490 e. The fraction of sp³-hybridized carbons (Fsp3) is 0.242. The van der Waals surface area contributed by atoms with Crippen molar-refractivity contribution in [2.24, 2.45) is 5.92 Å². The van der Waals surface area contributed by atoms with Crippen LogP contribution in [0.4, 0.5) is 32.0 Å². The monoisotopic (exact) mass is 767 g/mol. The Kier molecular flexibility index (Phi) is 11.0. The molecule has 272 valence electrons. The summed E-state index contributed by atoms with van der Waals surface area (Å²) in [5.41, 5.74) is 1.60. The number of carbonyl (C=O) groups excluding carboxylic acids is 1. The normalized spacial score (nSPS) is 16.4. The van der Waals surface area contributed by atoms with Crippen LogP contribution in [-0.2, 0) is 15.8 Å². The molecule has 5 aromatic rings. The third-order valence-electron chi connectivity index (χ3n) is 7.92. The first-order chi connectivity index (χ1) is 24.4. The topological polar surface area (TPSA) is 145 Å². The van der Waals surface area contributed by atoms with E-state index in [1.54, 1.807) is 30.5 Å². The van der Waals surface area contributed by atoms with Gasteiger partial charge in [0.2, 0.25) is 5.91 Å². The number of nitrogens with one attached hydrogen (secondary N) is 1. The van der Waals surface area contributed by atoms with Gasteiger partial charge in [-0.2, -0.15) is 26.3 Å². The number of pyridine rings is 1. The highest BCUT2D eigenvalue weighted by Crippen LogP contribution is 2.38. The van der Waals surface area contributed by atoms with Gasteiger partial charge < -0.3 is 10.4 Å². The Bertz CT molecular complexity index is 2190. The summed E-state index contributed by atoms with van der Waals surface area (Å²) in [5.74, 6) is -3.20. The number of anilines is 1. The van der Waals surface area contributed by atoms with Crippen molar-refractivity contribution in [1.29, 1.82) is 0 Å². The average Bonchev–Trinajstić information content (AvgIpc) is 3.58. The van der Waals surface area contributed by atoms with E-state index in [4.69, 9.17) is 33.1 Å². The molecule has 0 saturated carbocycles. The minimum atomic E-state index is -5.08. The van der Waals surface area contributed by atoms with Crippen molar-refractivity contribution < 1.29 is 41.0 Å². The van der Waals surface area contributed by atoms with E-state index in [0.29, 0.717) is 46.8 Å². The van der Waals surface area contributed by atoms with Crippen molar-refractivity contribution in [2.45, 2.75) is 44.6 Å². The summed E-state index contributed by atoms with van der Waals surface area (Å²) in [6, 6.07) is 14.1. The number of halogens is 8. The lowest BCUT2D eigenvalue weighted by atomic mass is 9.95. The van der Waals surface area contributed by atoms with E-state index in [0.717, 1.165) is 10.9 Å². The average molecular weight is 769 g/mol. The highest BCUT2D eigenvalue weighted by molar-refractivity contribution is 6.34. The second-order valence-electron chi connectivity index (χ2n) is 11.5. The summed E-state index contributed by atoms with van der Waals surface area (Å²) in [6.07, 6.45) is -4.37. The van der Waals surface area contributed by atoms with Gasteiger partial charge in [0.25, 0.3) is 5.56 Å². The van der Waals surface area contributed by atoms with Crippen LogP contribution in [0.2, 0.25) is 10.0 Å². The predicted molar refractivity (Wildman–Crippen MR) is 177 cm³/mol. The molecular weight excluding hydrogens is 743 g/mol. The number of aliphatic carboxylic acids is 1. The SMILES string of the molecule is C[C@@H]1CCC[C@H](n2cnc(-c3cc(Cl)ccc3-n3cc(C(F)(F)F)nn3)cc2=O)c2cc(ccn2)-c2c(Cl)cccc2NC1=O.O=C(O)C(F)(F)F. The number of carbonyl (C=O) groups is 2. The fourth-order valence-corrected chi connectivity index (χ4v) is 5.81. The molecule has 2 N–H and O–H groups in total. The number of fused-ring (bicyclic) bond motifs is 4. The van der Waals surface area contributed by atoms with Crippen molar-refractivity contribution >= 4 is 40.8 Å². The molecule has 0 radical (unpaired) electrons. The first kappa shape index (κ1) is 38.0. The lowest BCUT2D eigenvalue weighted by Crippen LogP contribution is -2.27. The molecular formula is C33H25Cl2F6N7O4. The van der Waals surface area contributed by atoms with E-state index in [1.165, 1.54) is 35.2 Å². The zero-order valence-electron chi connectivity index (χ0n) is 26.6. The minimum absolute atomic E-state index is 0.139. The number of carboxylic acids is 1. The van der Waals surface area contributed by atoms with Crippen molar-refractivity contribution in [3.8, 4) is 28.1 Å². The third-order valence-corrected chi connectivity index (χ3v) is 8.47. The Morgan fingerprint density at radius 3 is 2.37 bits per heavy atom. The molecule has 1 aliphatic heterocycles. The van der Waals surface area contributed by atoms with Crippen LogP contribution in [0.1, 0.15) is 43.6 Å². The van der Waals surface area contributed by atoms with Crippen LogP contribution in [-0.4, -0.2) is 52.7 Å². The van der Waals surface area contributed by atoms with Crippen LogP contribution < -0.4 is 10.9 Å². The maximum atomic E-state index is 13.7. The summed E-state index contributed by atoms with van der Waals surface area (Å²) in [7, 11) is 0. The van der Waals surface area contributed by atoms with Gasteiger partial charge in [-0.25, -0.2) is 14.5 Å². The van der Waals surface area contributed by atoms with Gasteiger partial charge in [-0.05, 0) is 60.9 Å². The van der Waals surface area contributed by atoms with Gasteiger partial charge in [0.05, 0.1) is 46.4 Å². The van der Waals surface area contributed by atoms with Crippen molar-refractivity contribution in [3.05, 3.63) is 105 Å². The number of amides is 1. The van der Waals surface area contributed by atoms with Gasteiger partial charge >= 0.3 is 18.3 Å². The number of aromatic nitrogens is 6. The zero-order chi connectivity index (χ0) is 38.0. The molecule has 2 bridgehead atoms. The van der Waals surface area contributed by atoms with Crippen LogP contribution in [0.15, 0.2) is 78.1 Å². The quantitative estimate of drug-likeness (QED) is 0.177. The molecule has 1 amide bonds. The van der Waals surface area contributed by atoms with E-state index < -0.39 is 35.6 Å². The van der Waals surface area contributed by atoms with E-state index in [1.807, 2.05) is 13.0 Å². The summed E-state index contributed by atoms with van der Waals surface area (Å²) in [6.45, 7) is 1.84. The number of hydrogen-bond donors (Lipinski definition) is 2. The molecule has 11 nitrogen and oxygen atoms in total. The number of benzene rings is 2. The molecule has 2 aromatic carbocycles. The second kappa shape index (κ2) is 15.1. The molecule has 0 aliphatic carbocycles. The van der Waals surface area contributed by atoms with Crippen LogP contribution in [0, 0.1) is 5.92 Å². The molecule has 3 aromatic heterocycles. The molecule has 2 atom stereocenters. The fourth-order valence-electron chi connectivity index (χ4n) is 5.36. The predicted octanol–water partition coefficient (Wildman–Crippen LogP) is 7.86. The van der Waals surface area contributed by atoms with Gasteiger partial charge in [0.15, 0.2) is 5.69 Å². The molecule has 0 saturated heterocycles. The Balaban J connectivity index is 0.000000679. The molecule has 52 heavy (non-hydrogen) atoms. The van der Waals surface area contributed by atoms with Gasteiger partial charge in [-0.1, -0.05) is 47.8 Å². The second-order valence-corrected chi connectivity index (χ2v) is 12.3. The molecule has 19 heteroatoms. The molecule has 0 fully saturated rings. The summed E-state index contributed by atoms with van der Waals surface area (Å²) >= 11 is 12.8. The first-order valence-corrected chi connectivity index (χ1v) is 15.9. The van der Waals surface area contributed by atoms with Crippen molar-refractivity contribution in [2.75, 3.05) is 5.32 Å². The van der Waals surface area contributed by atoms with Crippen LogP contribution in [0.3, 0.4) is 0 Å². The van der Waals surface area contributed by atoms with Crippen LogP contribution in [0.25, 0.3) is 28.1 Å². The lowest BCUT2D eigenvalue weighted by molar-refractivity contribution is -0.192. The van der Waals surface area contributed by atoms with E-state index in [9.17, 15) is 35.9 Å². The Morgan fingerprint density at radius 2 is 1.71 bits per heavy atom. The Hall–Kier alpha value is -5.29. The summed E-state index contributed by atoms with van der Waals surface area (Å²) in [5, 5.41) is 17.7. The molecule has 4 heterocycles. The standard InChI is InChI=1S/C31H24Cl2F3N7O2.C2HF3O2/c1-17-4-2-7-26(24-12-18(10-11-37-24)29-21(33)5-3-6-22(29)39-30(17)45)42-16-38-23(14-28(42)44)20-13-19(32)8-9-25(20)43-15-27(40-41-43)31(34,35)36;3-2(4,5)1(6)7/h3,5-6,8-17,26H,2,4,7H2,1H3,(H,39,45);(H,6,7)/t17-,26+;/m1./s1. The maximum Gasteiger partial charge on any atom is 0.490 e. The highest BCUT2D eigenvalue weighted by Gasteiger charge is 2.38. The third kappa shape index (κ3) is 8.59. The molecule has 0 unspecified atom stereocenters. The van der Waals surface area contributed by atoms with E-state index in [2.05, 4.69) is 25.6 Å². The lowest BCUT2D eigenvalue weighted by Gasteiger charge is -2.23.